The van der Waals surface area contributed by atoms with Crippen molar-refractivity contribution in [1.29, 1.82) is 0 Å². The van der Waals surface area contributed by atoms with Crippen LogP contribution in [0, 0.1) is 17.0 Å². The molecule has 2 unspecified atom stereocenters. The Morgan fingerprint density at radius 1 is 1.16 bits per heavy atom. The van der Waals surface area contributed by atoms with E-state index in [1.54, 1.807) is 0 Å². The minimum Gasteiger partial charge on any atom is -0.487 e. The molecule has 2 atom stereocenters. The molecule has 1 aromatic carbocycles. The summed E-state index contributed by atoms with van der Waals surface area (Å²) in [4.78, 5) is 0. The van der Waals surface area contributed by atoms with Crippen molar-refractivity contribution in [3.63, 3.8) is 0 Å². The van der Waals surface area contributed by atoms with Gasteiger partial charge in [0.15, 0.2) is 11.6 Å². The molecule has 2 aliphatic rings. The van der Waals surface area contributed by atoms with Gasteiger partial charge in [-0.15, -0.1) is 11.6 Å². The largest absolute Gasteiger partial charge is 0.487 e. The van der Waals surface area contributed by atoms with Crippen molar-refractivity contribution < 1.29 is 13.5 Å². The van der Waals surface area contributed by atoms with Crippen molar-refractivity contribution in [3.05, 3.63) is 29.8 Å². The van der Waals surface area contributed by atoms with Crippen molar-refractivity contribution in [2.24, 2.45) is 5.41 Å². The summed E-state index contributed by atoms with van der Waals surface area (Å²) in [7, 11) is 0. The van der Waals surface area contributed by atoms with E-state index in [2.05, 4.69) is 0 Å². The number of ether oxygens (including phenoxy) is 1. The molecule has 1 spiro atoms. The molecule has 0 heterocycles. The molecular weight excluding hydrogens is 270 g/mol. The minimum atomic E-state index is -0.897. The maximum absolute atomic E-state index is 13.6. The average molecular weight is 287 g/mol. The first-order valence-corrected chi connectivity index (χ1v) is 7.32. The summed E-state index contributed by atoms with van der Waals surface area (Å²) >= 11 is 6.37. The number of hydrogen-bond acceptors (Lipinski definition) is 1. The lowest BCUT2D eigenvalue weighted by Gasteiger charge is -2.55. The SMILES string of the molecule is Fc1cccc(OC2CC(Cl)C23CCCCC3)c1F. The molecule has 1 nitrogen and oxygen atoms in total. The van der Waals surface area contributed by atoms with Gasteiger partial charge in [-0.2, -0.15) is 4.39 Å². The zero-order chi connectivity index (χ0) is 13.5. The number of halogens is 3. The Hall–Kier alpha value is -0.830. The summed E-state index contributed by atoms with van der Waals surface area (Å²) in [6, 6.07) is 4.05. The molecule has 4 heteroatoms. The topological polar surface area (TPSA) is 9.23 Å². The summed E-state index contributed by atoms with van der Waals surface area (Å²) in [6.07, 6.45) is 6.23. The Morgan fingerprint density at radius 3 is 2.58 bits per heavy atom. The average Bonchev–Trinajstić information content (AvgIpc) is 2.44. The third kappa shape index (κ3) is 2.12. The zero-order valence-electron chi connectivity index (χ0n) is 10.7. The Morgan fingerprint density at radius 2 is 1.89 bits per heavy atom. The Kier molecular flexibility index (Phi) is 3.42. The van der Waals surface area contributed by atoms with Crippen LogP contribution in [-0.4, -0.2) is 11.5 Å². The van der Waals surface area contributed by atoms with Gasteiger partial charge in [-0.3, -0.25) is 0 Å². The highest BCUT2D eigenvalue weighted by Crippen LogP contribution is 2.55. The number of hydrogen-bond donors (Lipinski definition) is 0. The first kappa shape index (κ1) is 13.2. The molecule has 2 fully saturated rings. The van der Waals surface area contributed by atoms with Crippen molar-refractivity contribution in [3.8, 4) is 5.75 Å². The second-order valence-corrected chi connectivity index (χ2v) is 6.18. The zero-order valence-corrected chi connectivity index (χ0v) is 11.4. The predicted octanol–water partition coefficient (Wildman–Crippen LogP) is 4.67. The standard InChI is InChI=1S/C15H17ClF2O/c16-12-9-13(15(12)7-2-1-3-8-15)19-11-6-4-5-10(17)14(11)18/h4-6,12-13H,1-3,7-9H2. The van der Waals surface area contributed by atoms with Crippen LogP contribution in [0.25, 0.3) is 0 Å². The minimum absolute atomic E-state index is 0.0125. The Labute approximate surface area is 116 Å². The maximum Gasteiger partial charge on any atom is 0.200 e. The van der Waals surface area contributed by atoms with Crippen LogP contribution in [0.3, 0.4) is 0 Å². The highest BCUT2D eigenvalue weighted by molar-refractivity contribution is 6.21. The second kappa shape index (κ2) is 4.93. The third-order valence-electron chi connectivity index (χ3n) is 4.66. The lowest BCUT2D eigenvalue weighted by atomic mass is 9.58. The van der Waals surface area contributed by atoms with E-state index in [1.807, 2.05) is 0 Å². The van der Waals surface area contributed by atoms with E-state index in [9.17, 15) is 8.78 Å². The van der Waals surface area contributed by atoms with E-state index in [4.69, 9.17) is 16.3 Å². The molecule has 0 bridgehead atoms. The first-order valence-electron chi connectivity index (χ1n) is 6.88. The molecule has 0 saturated heterocycles. The molecule has 0 N–H and O–H groups in total. The Balaban J connectivity index is 1.78. The van der Waals surface area contributed by atoms with Gasteiger partial charge in [0.25, 0.3) is 0 Å². The van der Waals surface area contributed by atoms with Gasteiger partial charge in [0, 0.05) is 17.2 Å². The fourth-order valence-electron chi connectivity index (χ4n) is 3.44. The normalized spacial score (nSPS) is 29.0. The van der Waals surface area contributed by atoms with Crippen LogP contribution in [0.4, 0.5) is 8.78 Å². The van der Waals surface area contributed by atoms with E-state index in [0.29, 0.717) is 0 Å². The summed E-state index contributed by atoms with van der Waals surface area (Å²) < 4.78 is 32.5. The van der Waals surface area contributed by atoms with Gasteiger partial charge in [-0.25, -0.2) is 4.39 Å². The second-order valence-electron chi connectivity index (χ2n) is 5.66. The van der Waals surface area contributed by atoms with Crippen LogP contribution in [-0.2, 0) is 0 Å². The van der Waals surface area contributed by atoms with E-state index in [-0.39, 0.29) is 22.6 Å². The van der Waals surface area contributed by atoms with Gasteiger partial charge in [0.1, 0.15) is 6.10 Å². The molecule has 104 valence electrons. The molecule has 2 aliphatic carbocycles. The van der Waals surface area contributed by atoms with Crippen molar-refractivity contribution in [2.45, 2.75) is 50.0 Å². The van der Waals surface area contributed by atoms with Gasteiger partial charge in [0.2, 0.25) is 5.82 Å². The molecule has 0 aliphatic heterocycles. The quantitative estimate of drug-likeness (QED) is 0.718. The summed E-state index contributed by atoms with van der Waals surface area (Å²) in [5.41, 5.74) is -0.0292. The van der Waals surface area contributed by atoms with Gasteiger partial charge < -0.3 is 4.74 Å². The van der Waals surface area contributed by atoms with Crippen LogP contribution in [0.2, 0.25) is 0 Å². The number of benzene rings is 1. The molecule has 0 radical (unpaired) electrons. The van der Waals surface area contributed by atoms with Crippen molar-refractivity contribution in [1.82, 2.24) is 0 Å². The lowest BCUT2D eigenvalue weighted by Crippen LogP contribution is -2.58. The van der Waals surface area contributed by atoms with Crippen LogP contribution in [0.15, 0.2) is 18.2 Å². The van der Waals surface area contributed by atoms with Crippen LogP contribution < -0.4 is 4.74 Å². The summed E-state index contributed by atoms with van der Waals surface area (Å²) in [5.74, 6) is -1.75. The van der Waals surface area contributed by atoms with E-state index >= 15 is 0 Å². The molecule has 0 amide bonds. The highest BCUT2D eigenvalue weighted by Gasteiger charge is 2.56. The molecule has 3 rings (SSSR count). The molecule has 1 aromatic rings. The highest BCUT2D eigenvalue weighted by atomic mass is 35.5. The third-order valence-corrected chi connectivity index (χ3v) is 5.27. The predicted molar refractivity (Wildman–Crippen MR) is 70.6 cm³/mol. The van der Waals surface area contributed by atoms with Gasteiger partial charge >= 0.3 is 0 Å². The number of rotatable bonds is 2. The van der Waals surface area contributed by atoms with E-state index in [1.165, 1.54) is 18.6 Å². The maximum atomic E-state index is 13.6. The molecule has 0 aromatic heterocycles. The van der Waals surface area contributed by atoms with Crippen molar-refractivity contribution in [2.75, 3.05) is 0 Å². The van der Waals surface area contributed by atoms with E-state index < -0.39 is 11.6 Å². The first-order chi connectivity index (χ1) is 9.13. The summed E-state index contributed by atoms with van der Waals surface area (Å²) in [5, 5.41) is 0.106. The van der Waals surface area contributed by atoms with Crippen LogP contribution in [0.1, 0.15) is 38.5 Å². The molecule has 2 saturated carbocycles. The Bertz CT molecular complexity index is 471. The molecular formula is C15H17ClF2O. The monoisotopic (exact) mass is 286 g/mol. The molecule has 19 heavy (non-hydrogen) atoms. The van der Waals surface area contributed by atoms with Gasteiger partial charge in [0.05, 0.1) is 0 Å². The van der Waals surface area contributed by atoms with Gasteiger partial charge in [-0.05, 0) is 25.0 Å². The van der Waals surface area contributed by atoms with E-state index in [0.717, 1.165) is 38.2 Å². The van der Waals surface area contributed by atoms with Crippen LogP contribution in [0.5, 0.6) is 5.75 Å². The smallest absolute Gasteiger partial charge is 0.200 e. The van der Waals surface area contributed by atoms with Crippen molar-refractivity contribution >= 4 is 11.6 Å². The lowest BCUT2D eigenvalue weighted by molar-refractivity contribution is -0.0668. The fraction of sp³-hybridized carbons (Fsp3) is 0.600. The van der Waals surface area contributed by atoms with Crippen LogP contribution >= 0.6 is 11.6 Å². The fourth-order valence-corrected chi connectivity index (χ4v) is 3.96. The van der Waals surface area contributed by atoms with Gasteiger partial charge in [-0.1, -0.05) is 25.3 Å². The summed E-state index contributed by atoms with van der Waals surface area (Å²) in [6.45, 7) is 0. The number of alkyl halides is 1.